The predicted octanol–water partition coefficient (Wildman–Crippen LogP) is 3.06. The Kier molecular flexibility index (Phi) is 3.31. The van der Waals surface area contributed by atoms with Gasteiger partial charge < -0.3 is 5.11 Å². The molecule has 2 aromatic rings. The Morgan fingerprint density at radius 1 is 1.19 bits per heavy atom. The van der Waals surface area contributed by atoms with Crippen LogP contribution in [-0.2, 0) is 0 Å². The van der Waals surface area contributed by atoms with Gasteiger partial charge in [0.2, 0.25) is 0 Å². The number of aliphatic hydroxyl groups is 1. The van der Waals surface area contributed by atoms with Gasteiger partial charge in [-0.25, -0.2) is 4.39 Å². The minimum Gasteiger partial charge on any atom is -0.384 e. The highest BCUT2D eigenvalue weighted by atomic mass is 79.9. The first-order valence-electron chi connectivity index (χ1n) is 4.71. The molecule has 0 aliphatic heterocycles. The molecule has 2 nitrogen and oxygen atoms in total. The second-order valence-corrected chi connectivity index (χ2v) is 4.31. The van der Waals surface area contributed by atoms with Crippen LogP contribution in [0.2, 0.25) is 0 Å². The van der Waals surface area contributed by atoms with Gasteiger partial charge in [-0.3, -0.25) is 4.98 Å². The fourth-order valence-electron chi connectivity index (χ4n) is 1.45. The van der Waals surface area contributed by atoms with Crippen molar-refractivity contribution in [1.29, 1.82) is 0 Å². The summed E-state index contributed by atoms with van der Waals surface area (Å²) in [5.41, 5.74) is 1.14. The number of hydrogen-bond acceptors (Lipinski definition) is 2. The third-order valence-electron chi connectivity index (χ3n) is 2.21. The standard InChI is InChI=1S/C12H9BrFNO/c13-10-4-9(6-15-7-10)12(16)8-2-1-3-11(14)5-8/h1-7,12,16H. The fraction of sp³-hybridized carbons (Fsp3) is 0.0833. The summed E-state index contributed by atoms with van der Waals surface area (Å²) < 4.78 is 13.8. The van der Waals surface area contributed by atoms with Gasteiger partial charge in [-0.05, 0) is 39.7 Å². The van der Waals surface area contributed by atoms with Crippen molar-refractivity contribution >= 4 is 15.9 Å². The second-order valence-electron chi connectivity index (χ2n) is 3.39. The van der Waals surface area contributed by atoms with Gasteiger partial charge in [0.25, 0.3) is 0 Å². The highest BCUT2D eigenvalue weighted by molar-refractivity contribution is 9.10. The number of aromatic nitrogens is 1. The van der Waals surface area contributed by atoms with Crippen molar-refractivity contribution in [3.05, 3.63) is 64.1 Å². The summed E-state index contributed by atoms with van der Waals surface area (Å²) in [4.78, 5) is 3.95. The molecule has 0 aliphatic rings. The second kappa shape index (κ2) is 4.72. The summed E-state index contributed by atoms with van der Waals surface area (Å²) >= 11 is 3.27. The molecule has 82 valence electrons. The Labute approximate surface area is 101 Å². The van der Waals surface area contributed by atoms with Crippen LogP contribution in [0.5, 0.6) is 0 Å². The lowest BCUT2D eigenvalue weighted by Gasteiger charge is -2.11. The minimum absolute atomic E-state index is 0.362. The Hall–Kier alpha value is -1.26. The van der Waals surface area contributed by atoms with Crippen LogP contribution < -0.4 is 0 Å². The molecule has 0 radical (unpaired) electrons. The largest absolute Gasteiger partial charge is 0.384 e. The maximum atomic E-state index is 13.0. The molecule has 1 aromatic heterocycles. The highest BCUT2D eigenvalue weighted by Crippen LogP contribution is 2.23. The van der Waals surface area contributed by atoms with E-state index in [4.69, 9.17) is 0 Å². The lowest BCUT2D eigenvalue weighted by Crippen LogP contribution is -2.00. The molecule has 2 rings (SSSR count). The van der Waals surface area contributed by atoms with Crippen molar-refractivity contribution in [3.8, 4) is 0 Å². The minimum atomic E-state index is -0.860. The Balaban J connectivity index is 2.35. The number of nitrogens with zero attached hydrogens (tertiary/aromatic N) is 1. The average Bonchev–Trinajstić information content (AvgIpc) is 2.28. The van der Waals surface area contributed by atoms with Crippen LogP contribution in [0.3, 0.4) is 0 Å². The Morgan fingerprint density at radius 2 is 2.00 bits per heavy atom. The SMILES string of the molecule is OC(c1cccc(F)c1)c1cncc(Br)c1. The third kappa shape index (κ3) is 2.46. The van der Waals surface area contributed by atoms with Crippen LogP contribution in [0, 0.1) is 5.82 Å². The molecule has 0 saturated heterocycles. The van der Waals surface area contributed by atoms with Gasteiger partial charge in [0.05, 0.1) is 0 Å². The van der Waals surface area contributed by atoms with Gasteiger partial charge in [0, 0.05) is 22.4 Å². The summed E-state index contributed by atoms with van der Waals surface area (Å²) in [5.74, 6) is -0.362. The van der Waals surface area contributed by atoms with Crippen LogP contribution in [0.4, 0.5) is 4.39 Å². The highest BCUT2D eigenvalue weighted by Gasteiger charge is 2.11. The van der Waals surface area contributed by atoms with Gasteiger partial charge in [0.15, 0.2) is 0 Å². The van der Waals surface area contributed by atoms with Gasteiger partial charge in [-0.15, -0.1) is 0 Å². The van der Waals surface area contributed by atoms with Gasteiger partial charge in [-0.1, -0.05) is 12.1 Å². The summed E-state index contributed by atoms with van der Waals surface area (Å²) in [6, 6.07) is 7.65. The smallest absolute Gasteiger partial charge is 0.123 e. The first-order valence-corrected chi connectivity index (χ1v) is 5.50. The Morgan fingerprint density at radius 3 is 2.69 bits per heavy atom. The molecule has 16 heavy (non-hydrogen) atoms. The molecule has 0 fully saturated rings. The van der Waals surface area contributed by atoms with Gasteiger partial charge >= 0.3 is 0 Å². The van der Waals surface area contributed by atoms with E-state index in [2.05, 4.69) is 20.9 Å². The summed E-state index contributed by atoms with van der Waals surface area (Å²) in [5, 5.41) is 10.0. The molecule has 0 spiro atoms. The maximum absolute atomic E-state index is 13.0. The topological polar surface area (TPSA) is 33.1 Å². The fourth-order valence-corrected chi connectivity index (χ4v) is 1.83. The van der Waals surface area contributed by atoms with E-state index >= 15 is 0 Å². The van der Waals surface area contributed by atoms with Crippen LogP contribution in [0.15, 0.2) is 47.2 Å². The van der Waals surface area contributed by atoms with Crippen molar-refractivity contribution in [1.82, 2.24) is 4.98 Å². The first kappa shape index (κ1) is 11.2. The molecule has 1 heterocycles. The zero-order valence-electron chi connectivity index (χ0n) is 8.27. The van der Waals surface area contributed by atoms with E-state index < -0.39 is 6.10 Å². The monoisotopic (exact) mass is 281 g/mol. The van der Waals surface area contributed by atoms with Crippen molar-refractivity contribution in [2.45, 2.75) is 6.10 Å². The molecule has 0 bridgehead atoms. The Bertz CT molecular complexity index is 458. The molecule has 1 aromatic carbocycles. The normalized spacial score (nSPS) is 12.4. The first-order chi connectivity index (χ1) is 7.66. The van der Waals surface area contributed by atoms with E-state index in [-0.39, 0.29) is 5.82 Å². The van der Waals surface area contributed by atoms with E-state index in [0.717, 1.165) is 4.47 Å². The van der Waals surface area contributed by atoms with Crippen LogP contribution in [0.1, 0.15) is 17.2 Å². The zero-order chi connectivity index (χ0) is 11.5. The van der Waals surface area contributed by atoms with E-state index in [0.29, 0.717) is 11.1 Å². The molecule has 4 heteroatoms. The third-order valence-corrected chi connectivity index (χ3v) is 2.64. The quantitative estimate of drug-likeness (QED) is 0.918. The average molecular weight is 282 g/mol. The lowest BCUT2D eigenvalue weighted by molar-refractivity contribution is 0.219. The van der Waals surface area contributed by atoms with Crippen molar-refractivity contribution in [2.75, 3.05) is 0 Å². The number of rotatable bonds is 2. The number of benzene rings is 1. The molecular formula is C12H9BrFNO. The van der Waals surface area contributed by atoms with Crippen molar-refractivity contribution < 1.29 is 9.50 Å². The van der Waals surface area contributed by atoms with E-state index in [1.54, 1.807) is 30.6 Å². The van der Waals surface area contributed by atoms with Crippen molar-refractivity contribution in [3.63, 3.8) is 0 Å². The lowest BCUT2D eigenvalue weighted by atomic mass is 10.0. The summed E-state index contributed by atoms with van der Waals surface area (Å²) in [7, 11) is 0. The van der Waals surface area contributed by atoms with Gasteiger partial charge in [-0.2, -0.15) is 0 Å². The molecular weight excluding hydrogens is 273 g/mol. The molecule has 0 aliphatic carbocycles. The zero-order valence-corrected chi connectivity index (χ0v) is 9.86. The van der Waals surface area contributed by atoms with Crippen molar-refractivity contribution in [2.24, 2.45) is 0 Å². The van der Waals surface area contributed by atoms with Gasteiger partial charge in [0.1, 0.15) is 11.9 Å². The van der Waals surface area contributed by atoms with E-state index in [1.165, 1.54) is 12.1 Å². The summed E-state index contributed by atoms with van der Waals surface area (Å²) in [6.45, 7) is 0. The molecule has 0 amide bonds. The predicted molar refractivity (Wildman–Crippen MR) is 62.4 cm³/mol. The van der Waals surface area contributed by atoms with E-state index in [9.17, 15) is 9.50 Å². The molecule has 1 N–H and O–H groups in total. The number of pyridine rings is 1. The molecule has 1 unspecified atom stereocenters. The number of halogens is 2. The molecule has 1 atom stereocenters. The molecule has 0 saturated carbocycles. The number of aliphatic hydroxyl groups excluding tert-OH is 1. The van der Waals surface area contributed by atoms with Crippen LogP contribution in [-0.4, -0.2) is 10.1 Å². The van der Waals surface area contributed by atoms with Crippen LogP contribution >= 0.6 is 15.9 Å². The summed E-state index contributed by atoms with van der Waals surface area (Å²) in [6.07, 6.45) is 2.32. The van der Waals surface area contributed by atoms with E-state index in [1.807, 2.05) is 0 Å². The number of hydrogen-bond donors (Lipinski definition) is 1. The van der Waals surface area contributed by atoms with Crippen LogP contribution in [0.25, 0.3) is 0 Å². The maximum Gasteiger partial charge on any atom is 0.123 e.